The molecule has 2 aromatic heterocycles. The maximum absolute atomic E-state index is 11.9. The Morgan fingerprint density at radius 2 is 2.00 bits per heavy atom. The molecule has 0 spiro atoms. The number of nitrogens with zero attached hydrogens (tertiary/aromatic N) is 4. The molecule has 178 valence electrons. The van der Waals surface area contributed by atoms with Crippen LogP contribution < -0.4 is 15.6 Å². The molecule has 0 aliphatic carbocycles. The molecule has 2 saturated heterocycles. The first-order valence-electron chi connectivity index (χ1n) is 11.8. The summed E-state index contributed by atoms with van der Waals surface area (Å²) < 4.78 is 5.96. The van der Waals surface area contributed by atoms with Gasteiger partial charge in [-0.2, -0.15) is 0 Å². The predicted octanol–water partition coefficient (Wildman–Crippen LogP) is 1.99. The number of nitrogens with one attached hydrogen (secondary N) is 2. The number of fused-ring (bicyclic) bond motifs is 1. The second kappa shape index (κ2) is 10.0. The van der Waals surface area contributed by atoms with Crippen LogP contribution in [0.25, 0.3) is 10.9 Å². The summed E-state index contributed by atoms with van der Waals surface area (Å²) >= 11 is 0. The fourth-order valence-electron chi connectivity index (χ4n) is 4.46. The molecule has 0 radical (unpaired) electrons. The molecule has 9 heteroatoms. The van der Waals surface area contributed by atoms with Gasteiger partial charge >= 0.3 is 0 Å². The zero-order valence-electron chi connectivity index (χ0n) is 19.3. The van der Waals surface area contributed by atoms with E-state index in [1.165, 1.54) is 6.92 Å². The average Bonchev–Trinajstić information content (AvgIpc) is 3.40. The van der Waals surface area contributed by atoms with Crippen LogP contribution >= 0.6 is 0 Å². The topological polar surface area (TPSA) is 103 Å². The second-order valence-corrected chi connectivity index (χ2v) is 8.92. The summed E-state index contributed by atoms with van der Waals surface area (Å²) in [5.74, 6) is 1.06. The van der Waals surface area contributed by atoms with Crippen molar-refractivity contribution in [1.29, 1.82) is 0 Å². The Hall–Kier alpha value is -3.11. The van der Waals surface area contributed by atoms with Gasteiger partial charge in [0.15, 0.2) is 0 Å². The van der Waals surface area contributed by atoms with Crippen molar-refractivity contribution in [3.8, 4) is 11.6 Å². The Morgan fingerprint density at radius 3 is 2.71 bits per heavy atom. The molecule has 2 fully saturated rings. The monoisotopic (exact) mass is 462 g/mol. The zero-order chi connectivity index (χ0) is 23.5. The minimum absolute atomic E-state index is 0.195. The summed E-state index contributed by atoms with van der Waals surface area (Å²) in [6.07, 6.45) is 3.85. The summed E-state index contributed by atoms with van der Waals surface area (Å²) in [6.45, 7) is 6.08. The molecule has 0 saturated carbocycles. The fraction of sp³-hybridized carbons (Fsp3) is 0.400. The van der Waals surface area contributed by atoms with Gasteiger partial charge in [-0.15, -0.1) is 0 Å². The lowest BCUT2D eigenvalue weighted by Gasteiger charge is -2.35. The number of aliphatic hydroxyl groups excluding tert-OH is 1. The Labute approximate surface area is 198 Å². The molecule has 3 aromatic rings. The molecule has 9 nitrogen and oxygen atoms in total. The summed E-state index contributed by atoms with van der Waals surface area (Å²) in [5, 5.41) is 10.6. The van der Waals surface area contributed by atoms with E-state index in [0.29, 0.717) is 24.7 Å². The number of hydrogen-bond acceptors (Lipinski definition) is 8. The number of ether oxygens (including phenoxy) is 1. The van der Waals surface area contributed by atoms with Crippen molar-refractivity contribution in [2.75, 3.05) is 32.7 Å². The number of benzene rings is 1. The number of aromatic nitrogens is 2. The van der Waals surface area contributed by atoms with Crippen LogP contribution in [0.3, 0.4) is 0 Å². The average molecular weight is 463 g/mol. The van der Waals surface area contributed by atoms with E-state index < -0.39 is 6.10 Å². The number of carbonyl (C=O) groups is 1. The molecule has 5 rings (SSSR count). The number of carbonyl (C=O) groups excluding carboxylic acids is 1. The molecule has 4 heterocycles. The SMILES string of the molecule is C[C@H](O)C(=O)N1CCN(Cc2cnc3cc(Oc4ccc(C5CCNN5)cn4)ccc3c2)CC1. The van der Waals surface area contributed by atoms with Gasteiger partial charge in [-0.25, -0.2) is 4.98 Å². The van der Waals surface area contributed by atoms with Crippen molar-refractivity contribution < 1.29 is 14.6 Å². The minimum atomic E-state index is -0.938. The second-order valence-electron chi connectivity index (χ2n) is 8.92. The molecule has 0 bridgehead atoms. The van der Waals surface area contributed by atoms with Crippen molar-refractivity contribution in [3.63, 3.8) is 0 Å². The Kier molecular flexibility index (Phi) is 6.68. The van der Waals surface area contributed by atoms with E-state index in [2.05, 4.69) is 31.8 Å². The number of pyridine rings is 2. The molecular formula is C25H30N6O3. The quantitative estimate of drug-likeness (QED) is 0.511. The van der Waals surface area contributed by atoms with Crippen molar-refractivity contribution in [1.82, 2.24) is 30.6 Å². The van der Waals surface area contributed by atoms with Gasteiger partial charge in [-0.05, 0) is 42.7 Å². The number of hydrogen-bond donors (Lipinski definition) is 3. The molecule has 3 N–H and O–H groups in total. The number of aliphatic hydroxyl groups is 1. The van der Waals surface area contributed by atoms with E-state index >= 15 is 0 Å². The fourth-order valence-corrected chi connectivity index (χ4v) is 4.46. The normalized spacial score (nSPS) is 19.9. The van der Waals surface area contributed by atoms with Crippen LogP contribution in [0.4, 0.5) is 0 Å². The van der Waals surface area contributed by atoms with E-state index in [-0.39, 0.29) is 11.9 Å². The lowest BCUT2D eigenvalue weighted by atomic mass is 10.1. The lowest BCUT2D eigenvalue weighted by molar-refractivity contribution is -0.141. The Balaban J connectivity index is 1.19. The maximum atomic E-state index is 11.9. The predicted molar refractivity (Wildman–Crippen MR) is 128 cm³/mol. The molecule has 34 heavy (non-hydrogen) atoms. The summed E-state index contributed by atoms with van der Waals surface area (Å²) in [4.78, 5) is 25.1. The third-order valence-electron chi connectivity index (χ3n) is 6.38. The van der Waals surface area contributed by atoms with Gasteiger partial charge in [-0.3, -0.25) is 25.5 Å². The van der Waals surface area contributed by atoms with E-state index in [1.807, 2.05) is 42.7 Å². The molecule has 2 aliphatic rings. The highest BCUT2D eigenvalue weighted by Gasteiger charge is 2.23. The largest absolute Gasteiger partial charge is 0.439 e. The van der Waals surface area contributed by atoms with Crippen LogP contribution in [0, 0.1) is 0 Å². The molecule has 1 amide bonds. The van der Waals surface area contributed by atoms with Gasteiger partial charge in [0.1, 0.15) is 11.9 Å². The number of piperazine rings is 1. The van der Waals surface area contributed by atoms with Crippen LogP contribution in [0.15, 0.2) is 48.8 Å². The van der Waals surface area contributed by atoms with Crippen LogP contribution in [0.1, 0.15) is 30.5 Å². The van der Waals surface area contributed by atoms with Gasteiger partial charge in [-0.1, -0.05) is 6.07 Å². The lowest BCUT2D eigenvalue weighted by Crippen LogP contribution is -2.50. The Bertz CT molecular complexity index is 1140. The van der Waals surface area contributed by atoms with Gasteiger partial charge in [0.2, 0.25) is 5.88 Å². The standard InChI is InChI=1S/C25H30N6O3/c1-17(32)25(33)31-10-8-30(9-11-31)16-18-12-19-2-4-21(13-23(19)26-14-18)34-24-5-3-20(15-27-24)22-6-7-28-29-22/h2-5,12-15,17,22,28-29,32H,6-11,16H2,1H3/t17-,22?/m0/s1. The van der Waals surface area contributed by atoms with E-state index in [4.69, 9.17) is 4.74 Å². The summed E-state index contributed by atoms with van der Waals surface area (Å²) in [7, 11) is 0. The maximum Gasteiger partial charge on any atom is 0.251 e. The van der Waals surface area contributed by atoms with Crippen molar-refractivity contribution in [2.45, 2.75) is 32.0 Å². The van der Waals surface area contributed by atoms with Gasteiger partial charge in [0.05, 0.1) is 5.52 Å². The highest BCUT2D eigenvalue weighted by atomic mass is 16.5. The third-order valence-corrected chi connectivity index (χ3v) is 6.38. The number of amides is 1. The third kappa shape index (κ3) is 5.18. The highest BCUT2D eigenvalue weighted by Crippen LogP contribution is 2.26. The minimum Gasteiger partial charge on any atom is -0.439 e. The van der Waals surface area contributed by atoms with Gasteiger partial charge < -0.3 is 14.7 Å². The molecule has 2 atom stereocenters. The highest BCUT2D eigenvalue weighted by molar-refractivity contribution is 5.81. The smallest absolute Gasteiger partial charge is 0.251 e. The van der Waals surface area contributed by atoms with E-state index in [9.17, 15) is 9.90 Å². The zero-order valence-corrected chi connectivity index (χ0v) is 19.3. The Morgan fingerprint density at radius 1 is 1.15 bits per heavy atom. The van der Waals surface area contributed by atoms with Gasteiger partial charge in [0, 0.05) is 75.2 Å². The molecular weight excluding hydrogens is 432 g/mol. The number of rotatable bonds is 6. The summed E-state index contributed by atoms with van der Waals surface area (Å²) in [6, 6.07) is 12.3. The number of hydrazine groups is 1. The summed E-state index contributed by atoms with van der Waals surface area (Å²) in [5.41, 5.74) is 9.51. The van der Waals surface area contributed by atoms with Crippen LogP contribution in [-0.2, 0) is 11.3 Å². The van der Waals surface area contributed by atoms with Crippen molar-refractivity contribution in [3.05, 3.63) is 59.9 Å². The molecule has 1 aromatic carbocycles. The first kappa shape index (κ1) is 22.7. The van der Waals surface area contributed by atoms with Crippen LogP contribution in [0.2, 0.25) is 0 Å². The van der Waals surface area contributed by atoms with Crippen molar-refractivity contribution >= 4 is 16.8 Å². The molecule has 1 unspecified atom stereocenters. The molecule has 2 aliphatic heterocycles. The van der Waals surface area contributed by atoms with E-state index in [1.54, 1.807) is 4.90 Å². The van der Waals surface area contributed by atoms with Crippen LogP contribution in [0.5, 0.6) is 11.6 Å². The van der Waals surface area contributed by atoms with E-state index in [0.717, 1.165) is 54.6 Å². The van der Waals surface area contributed by atoms with Crippen molar-refractivity contribution in [2.24, 2.45) is 0 Å². The first-order chi connectivity index (χ1) is 16.5. The first-order valence-corrected chi connectivity index (χ1v) is 11.8. The van der Waals surface area contributed by atoms with Gasteiger partial charge in [0.25, 0.3) is 5.91 Å². The van der Waals surface area contributed by atoms with Crippen LogP contribution in [-0.4, -0.2) is 69.6 Å².